The molecule has 30 heavy (non-hydrogen) atoms. The van der Waals surface area contributed by atoms with Crippen LogP contribution in [0.1, 0.15) is 24.7 Å². The number of allylic oxidation sites excluding steroid dienone is 4. The Morgan fingerprint density at radius 2 is 1.63 bits per heavy atom. The number of hydrogen-bond donors (Lipinski definition) is 0. The van der Waals surface area contributed by atoms with E-state index >= 15 is 0 Å². The standard InChI is InChI=1S/C18H13F7N2O2S/c1-17(22)7-9(3-10(19)8-17)14-6-15(18(23,24)25)26-27(14)11-4-12(20)16(13(21)5-11)30(2,28)29/h4-8H,3H2,1-2H3. The average Bonchev–Trinajstić information content (AvgIpc) is 2.96. The lowest BCUT2D eigenvalue weighted by Gasteiger charge is -2.20. The number of halogens is 7. The van der Waals surface area contributed by atoms with Crippen LogP contribution in [0.5, 0.6) is 0 Å². The van der Waals surface area contributed by atoms with Crippen molar-refractivity contribution in [1.29, 1.82) is 0 Å². The number of benzene rings is 1. The summed E-state index contributed by atoms with van der Waals surface area (Å²) in [5.74, 6) is -4.06. The smallest absolute Gasteiger partial charge is 0.235 e. The van der Waals surface area contributed by atoms with Crippen molar-refractivity contribution in [2.45, 2.75) is 30.1 Å². The Bertz CT molecular complexity index is 1170. The van der Waals surface area contributed by atoms with Gasteiger partial charge in [0.05, 0.1) is 11.4 Å². The molecular formula is C18H13F7N2O2S. The summed E-state index contributed by atoms with van der Waals surface area (Å²) in [5, 5.41) is 3.28. The van der Waals surface area contributed by atoms with Crippen LogP contribution in [0, 0.1) is 11.6 Å². The molecule has 0 N–H and O–H groups in total. The quantitative estimate of drug-likeness (QED) is 0.618. The zero-order valence-corrected chi connectivity index (χ0v) is 16.2. The molecule has 1 aliphatic carbocycles. The van der Waals surface area contributed by atoms with Gasteiger partial charge >= 0.3 is 6.18 Å². The largest absolute Gasteiger partial charge is 0.435 e. The number of aromatic nitrogens is 2. The summed E-state index contributed by atoms with van der Waals surface area (Å²) >= 11 is 0. The van der Waals surface area contributed by atoms with Crippen molar-refractivity contribution in [2.75, 3.05) is 6.26 Å². The van der Waals surface area contributed by atoms with Crippen LogP contribution in [-0.2, 0) is 16.0 Å². The first kappa shape index (κ1) is 22.1. The van der Waals surface area contributed by atoms with Crippen LogP contribution >= 0.6 is 0 Å². The fourth-order valence-corrected chi connectivity index (χ4v) is 3.93. The predicted octanol–water partition coefficient (Wildman–Crippen LogP) is 4.94. The lowest BCUT2D eigenvalue weighted by atomic mass is 9.93. The fraction of sp³-hybridized carbons (Fsp3) is 0.278. The summed E-state index contributed by atoms with van der Waals surface area (Å²) in [6.45, 7) is 0.970. The highest BCUT2D eigenvalue weighted by Crippen LogP contribution is 2.38. The minimum atomic E-state index is -4.97. The maximum atomic E-state index is 14.3. The van der Waals surface area contributed by atoms with Gasteiger partial charge in [0.15, 0.2) is 15.5 Å². The van der Waals surface area contributed by atoms with Gasteiger partial charge in [0.2, 0.25) is 0 Å². The molecule has 0 radical (unpaired) electrons. The molecule has 1 aliphatic rings. The highest BCUT2D eigenvalue weighted by molar-refractivity contribution is 7.90. The molecule has 0 amide bonds. The van der Waals surface area contributed by atoms with E-state index in [1.54, 1.807) is 0 Å². The molecule has 0 aliphatic heterocycles. The number of hydrogen-bond acceptors (Lipinski definition) is 3. The van der Waals surface area contributed by atoms with E-state index in [4.69, 9.17) is 0 Å². The Kier molecular flexibility index (Phi) is 5.12. The second kappa shape index (κ2) is 6.96. The molecule has 2 aromatic rings. The molecule has 1 aromatic heterocycles. The van der Waals surface area contributed by atoms with Crippen molar-refractivity contribution in [3.63, 3.8) is 0 Å². The summed E-state index contributed by atoms with van der Waals surface area (Å²) in [7, 11) is -4.31. The molecule has 0 spiro atoms. The Labute approximate surface area is 166 Å². The monoisotopic (exact) mass is 454 g/mol. The van der Waals surface area contributed by atoms with Gasteiger partial charge < -0.3 is 0 Å². The van der Waals surface area contributed by atoms with Gasteiger partial charge in [-0.2, -0.15) is 18.3 Å². The summed E-state index contributed by atoms with van der Waals surface area (Å²) in [6.07, 6.45) is -3.48. The topological polar surface area (TPSA) is 52.0 Å². The van der Waals surface area contributed by atoms with Crippen molar-refractivity contribution in [2.24, 2.45) is 0 Å². The van der Waals surface area contributed by atoms with Gasteiger partial charge in [-0.25, -0.2) is 30.7 Å². The Morgan fingerprint density at radius 3 is 2.10 bits per heavy atom. The Morgan fingerprint density at radius 1 is 1.07 bits per heavy atom. The van der Waals surface area contributed by atoms with Crippen LogP contribution < -0.4 is 0 Å². The fourth-order valence-electron chi connectivity index (χ4n) is 3.11. The van der Waals surface area contributed by atoms with E-state index < -0.39 is 67.5 Å². The molecule has 1 aromatic carbocycles. The zero-order chi connectivity index (χ0) is 22.6. The van der Waals surface area contributed by atoms with Crippen molar-refractivity contribution >= 4 is 15.4 Å². The first-order chi connectivity index (χ1) is 13.6. The van der Waals surface area contributed by atoms with Crippen molar-refractivity contribution < 1.29 is 39.2 Å². The molecule has 1 atom stereocenters. The van der Waals surface area contributed by atoms with Gasteiger partial charge in [-0.15, -0.1) is 0 Å². The molecule has 12 heteroatoms. The summed E-state index contributed by atoms with van der Waals surface area (Å²) in [4.78, 5) is -1.27. The van der Waals surface area contributed by atoms with Crippen LogP contribution in [0.15, 0.2) is 41.1 Å². The predicted molar refractivity (Wildman–Crippen MR) is 92.9 cm³/mol. The van der Waals surface area contributed by atoms with Crippen LogP contribution in [0.4, 0.5) is 30.7 Å². The number of sulfone groups is 1. The van der Waals surface area contributed by atoms with E-state index in [1.165, 1.54) is 0 Å². The first-order valence-corrected chi connectivity index (χ1v) is 10.1. The highest BCUT2D eigenvalue weighted by atomic mass is 32.2. The van der Waals surface area contributed by atoms with E-state index in [1.807, 2.05) is 0 Å². The molecule has 3 rings (SSSR count). The lowest BCUT2D eigenvalue weighted by Crippen LogP contribution is -2.16. The maximum absolute atomic E-state index is 14.3. The third-order valence-corrected chi connectivity index (χ3v) is 5.31. The molecule has 4 nitrogen and oxygen atoms in total. The second-order valence-corrected chi connectivity index (χ2v) is 8.88. The highest BCUT2D eigenvalue weighted by Gasteiger charge is 2.37. The van der Waals surface area contributed by atoms with Crippen LogP contribution in [0.25, 0.3) is 11.3 Å². The van der Waals surface area contributed by atoms with Gasteiger partial charge in [-0.1, -0.05) is 0 Å². The van der Waals surface area contributed by atoms with E-state index in [9.17, 15) is 39.2 Å². The van der Waals surface area contributed by atoms with Gasteiger partial charge in [-0.05, 0) is 30.7 Å². The molecule has 0 fully saturated rings. The molecule has 1 unspecified atom stereocenters. The molecule has 0 saturated carbocycles. The number of rotatable bonds is 3. The number of alkyl halides is 4. The van der Waals surface area contributed by atoms with E-state index in [0.29, 0.717) is 35.2 Å². The van der Waals surface area contributed by atoms with Crippen LogP contribution in [0.2, 0.25) is 0 Å². The number of nitrogens with zero attached hydrogens (tertiary/aromatic N) is 2. The second-order valence-electron chi connectivity index (χ2n) is 6.92. The minimum Gasteiger partial charge on any atom is -0.235 e. The van der Waals surface area contributed by atoms with Gasteiger partial charge in [-0.3, -0.25) is 0 Å². The molecular weight excluding hydrogens is 441 g/mol. The van der Waals surface area contributed by atoms with Crippen molar-refractivity contribution in [3.8, 4) is 5.69 Å². The summed E-state index contributed by atoms with van der Waals surface area (Å²) in [6, 6.07) is 1.43. The van der Waals surface area contributed by atoms with Gasteiger partial charge in [0.1, 0.15) is 28.0 Å². The lowest BCUT2D eigenvalue weighted by molar-refractivity contribution is -0.141. The molecule has 0 saturated heterocycles. The van der Waals surface area contributed by atoms with Crippen LogP contribution in [-0.4, -0.2) is 30.1 Å². The maximum Gasteiger partial charge on any atom is 0.435 e. The molecule has 0 bridgehead atoms. The Hall–Kier alpha value is -2.63. The molecule has 1 heterocycles. The van der Waals surface area contributed by atoms with E-state index in [0.717, 1.165) is 13.0 Å². The van der Waals surface area contributed by atoms with Crippen molar-refractivity contribution in [3.05, 3.63) is 59.2 Å². The SMILES string of the molecule is CC1(F)C=C(F)CC(c2cc(C(F)(F)F)nn2-c2cc(F)c(S(C)(=O)=O)c(F)c2)=C1. The van der Waals surface area contributed by atoms with E-state index in [-0.39, 0.29) is 5.57 Å². The van der Waals surface area contributed by atoms with Crippen LogP contribution in [0.3, 0.4) is 0 Å². The van der Waals surface area contributed by atoms with E-state index in [2.05, 4.69) is 5.10 Å². The third kappa shape index (κ3) is 4.27. The van der Waals surface area contributed by atoms with Gasteiger partial charge in [0.25, 0.3) is 0 Å². The summed E-state index contributed by atoms with van der Waals surface area (Å²) in [5.41, 5.74) is -5.08. The first-order valence-electron chi connectivity index (χ1n) is 8.23. The normalized spacial score (nSPS) is 20.2. The zero-order valence-electron chi connectivity index (χ0n) is 15.4. The molecule has 162 valence electrons. The summed E-state index contributed by atoms with van der Waals surface area (Å²) < 4.78 is 120. The Balaban J connectivity index is 2.26. The van der Waals surface area contributed by atoms with Crippen molar-refractivity contribution in [1.82, 2.24) is 9.78 Å². The van der Waals surface area contributed by atoms with Gasteiger partial charge in [0, 0.05) is 24.8 Å². The minimum absolute atomic E-state index is 0.240. The third-order valence-electron chi connectivity index (χ3n) is 4.18. The average molecular weight is 454 g/mol.